The van der Waals surface area contributed by atoms with Crippen LogP contribution in [-0.4, -0.2) is 60.6 Å². The van der Waals surface area contributed by atoms with Crippen LogP contribution in [0.5, 0.6) is 0 Å². The minimum atomic E-state index is 0.338. The normalized spacial score (nSPS) is 31.4. The summed E-state index contributed by atoms with van der Waals surface area (Å²) in [7, 11) is 0. The number of hydrogen-bond acceptors (Lipinski definition) is 3. The minimum absolute atomic E-state index is 0.338. The van der Waals surface area contributed by atoms with Crippen molar-refractivity contribution in [2.45, 2.75) is 65.6 Å². The van der Waals surface area contributed by atoms with Crippen LogP contribution in [0.25, 0.3) is 0 Å². The van der Waals surface area contributed by atoms with Crippen molar-refractivity contribution >= 4 is 0 Å². The highest BCUT2D eigenvalue weighted by atomic mass is 15.3. The maximum Gasteiger partial charge on any atom is 0.0224 e. The van der Waals surface area contributed by atoms with Crippen molar-refractivity contribution in [2.24, 2.45) is 5.41 Å². The van der Waals surface area contributed by atoms with Gasteiger partial charge in [0.05, 0.1) is 0 Å². The molecule has 2 aliphatic heterocycles. The lowest BCUT2D eigenvalue weighted by atomic mass is 9.84. The molecule has 3 heteroatoms. The molecule has 2 rings (SSSR count). The summed E-state index contributed by atoms with van der Waals surface area (Å²) < 4.78 is 0. The zero-order chi connectivity index (χ0) is 14.0. The van der Waals surface area contributed by atoms with Crippen molar-refractivity contribution in [3.05, 3.63) is 0 Å². The molecule has 0 bridgehead atoms. The van der Waals surface area contributed by atoms with Crippen LogP contribution in [-0.2, 0) is 0 Å². The molecule has 3 nitrogen and oxygen atoms in total. The first kappa shape index (κ1) is 15.3. The SMILES string of the molecule is CCNC(C)C(C)(C)CN1CC2CCCN2CC1C. The predicted octanol–water partition coefficient (Wildman–Crippen LogP) is 2.18. The van der Waals surface area contributed by atoms with Gasteiger partial charge in [-0.1, -0.05) is 20.8 Å². The summed E-state index contributed by atoms with van der Waals surface area (Å²) in [5.74, 6) is 0. The van der Waals surface area contributed by atoms with Crippen LogP contribution in [0.15, 0.2) is 0 Å². The molecule has 0 aromatic carbocycles. The Bertz CT molecular complexity index is 290. The number of hydrogen-bond donors (Lipinski definition) is 1. The number of rotatable bonds is 5. The maximum atomic E-state index is 3.60. The Morgan fingerprint density at radius 2 is 2.05 bits per heavy atom. The van der Waals surface area contributed by atoms with E-state index in [1.165, 1.54) is 39.0 Å². The van der Waals surface area contributed by atoms with Crippen LogP contribution in [0.3, 0.4) is 0 Å². The third-order valence-corrected chi connectivity index (χ3v) is 5.36. The molecule has 2 fully saturated rings. The Hall–Kier alpha value is -0.120. The Kier molecular flexibility index (Phi) is 4.91. The fraction of sp³-hybridized carbons (Fsp3) is 1.00. The van der Waals surface area contributed by atoms with E-state index in [2.05, 4.69) is 49.7 Å². The molecule has 1 N–H and O–H groups in total. The standard InChI is InChI=1S/C16H33N3/c1-6-17-14(3)16(4,5)12-19-11-15-8-7-9-18(15)10-13(19)2/h13-15,17H,6-12H2,1-5H3. The van der Waals surface area contributed by atoms with Crippen molar-refractivity contribution in [1.29, 1.82) is 0 Å². The van der Waals surface area contributed by atoms with Crippen molar-refractivity contribution in [3.8, 4) is 0 Å². The highest BCUT2D eigenvalue weighted by Crippen LogP contribution is 2.29. The van der Waals surface area contributed by atoms with E-state index in [1.54, 1.807) is 0 Å². The second-order valence-electron chi connectivity index (χ2n) is 7.34. The highest BCUT2D eigenvalue weighted by molar-refractivity contribution is 4.93. The van der Waals surface area contributed by atoms with Gasteiger partial charge in [-0.2, -0.15) is 0 Å². The van der Waals surface area contributed by atoms with Gasteiger partial charge in [0, 0.05) is 37.8 Å². The molecule has 0 spiro atoms. The van der Waals surface area contributed by atoms with E-state index < -0.39 is 0 Å². The number of fused-ring (bicyclic) bond motifs is 1. The smallest absolute Gasteiger partial charge is 0.0224 e. The molecule has 0 saturated carbocycles. The summed E-state index contributed by atoms with van der Waals surface area (Å²) >= 11 is 0. The van der Waals surface area contributed by atoms with E-state index in [0.717, 1.165) is 12.6 Å². The van der Waals surface area contributed by atoms with Crippen LogP contribution < -0.4 is 5.32 Å². The predicted molar refractivity (Wildman–Crippen MR) is 82.5 cm³/mol. The quantitative estimate of drug-likeness (QED) is 0.824. The molecule has 0 aliphatic carbocycles. The molecule has 0 aromatic rings. The Morgan fingerprint density at radius 3 is 2.74 bits per heavy atom. The average molecular weight is 267 g/mol. The van der Waals surface area contributed by atoms with Crippen molar-refractivity contribution < 1.29 is 0 Å². The number of nitrogens with zero attached hydrogens (tertiary/aromatic N) is 2. The lowest BCUT2D eigenvalue weighted by Gasteiger charge is -2.46. The van der Waals surface area contributed by atoms with Gasteiger partial charge in [0.15, 0.2) is 0 Å². The molecule has 0 aromatic heterocycles. The fourth-order valence-electron chi connectivity index (χ4n) is 3.71. The zero-order valence-corrected chi connectivity index (χ0v) is 13.6. The molecule has 3 unspecified atom stereocenters. The molecule has 2 saturated heterocycles. The summed E-state index contributed by atoms with van der Waals surface area (Å²) in [4.78, 5) is 5.45. The van der Waals surface area contributed by atoms with E-state index in [9.17, 15) is 0 Å². The summed E-state index contributed by atoms with van der Waals surface area (Å²) in [6.07, 6.45) is 2.81. The molecular weight excluding hydrogens is 234 g/mol. The minimum Gasteiger partial charge on any atom is -0.314 e. The van der Waals surface area contributed by atoms with Crippen molar-refractivity contribution in [1.82, 2.24) is 15.1 Å². The van der Waals surface area contributed by atoms with E-state index >= 15 is 0 Å². The fourth-order valence-corrected chi connectivity index (χ4v) is 3.71. The first-order valence-corrected chi connectivity index (χ1v) is 8.15. The molecule has 3 atom stereocenters. The maximum absolute atomic E-state index is 3.60. The summed E-state index contributed by atoms with van der Waals surface area (Å²) in [5, 5.41) is 3.60. The molecule has 2 aliphatic rings. The van der Waals surface area contributed by atoms with Gasteiger partial charge in [-0.05, 0) is 45.2 Å². The average Bonchev–Trinajstić information content (AvgIpc) is 2.76. The Labute approximate surface area is 119 Å². The van der Waals surface area contributed by atoms with Gasteiger partial charge in [0.1, 0.15) is 0 Å². The van der Waals surface area contributed by atoms with Crippen LogP contribution in [0.4, 0.5) is 0 Å². The van der Waals surface area contributed by atoms with E-state index in [-0.39, 0.29) is 0 Å². The zero-order valence-electron chi connectivity index (χ0n) is 13.6. The lowest BCUT2D eigenvalue weighted by molar-refractivity contribution is 0.0259. The molecular formula is C16H33N3. The van der Waals surface area contributed by atoms with E-state index in [1.807, 2.05) is 0 Å². The van der Waals surface area contributed by atoms with Crippen LogP contribution in [0.1, 0.15) is 47.5 Å². The molecule has 112 valence electrons. The van der Waals surface area contributed by atoms with Gasteiger partial charge in [-0.15, -0.1) is 0 Å². The topological polar surface area (TPSA) is 18.5 Å². The lowest BCUT2D eigenvalue weighted by Crippen LogP contribution is -2.58. The van der Waals surface area contributed by atoms with Gasteiger partial charge < -0.3 is 5.32 Å². The van der Waals surface area contributed by atoms with E-state index in [0.29, 0.717) is 17.5 Å². The molecule has 2 heterocycles. The van der Waals surface area contributed by atoms with Crippen molar-refractivity contribution in [3.63, 3.8) is 0 Å². The van der Waals surface area contributed by atoms with Gasteiger partial charge in [-0.3, -0.25) is 9.80 Å². The van der Waals surface area contributed by atoms with Crippen LogP contribution in [0, 0.1) is 5.41 Å². The van der Waals surface area contributed by atoms with Crippen molar-refractivity contribution in [2.75, 3.05) is 32.7 Å². The van der Waals surface area contributed by atoms with Crippen LogP contribution >= 0.6 is 0 Å². The van der Waals surface area contributed by atoms with Crippen LogP contribution in [0.2, 0.25) is 0 Å². The summed E-state index contributed by atoms with van der Waals surface area (Å²) in [6, 6.07) is 2.12. The number of nitrogens with one attached hydrogen (secondary N) is 1. The van der Waals surface area contributed by atoms with Gasteiger partial charge in [-0.25, -0.2) is 0 Å². The molecule has 0 radical (unpaired) electrons. The third-order valence-electron chi connectivity index (χ3n) is 5.36. The first-order valence-electron chi connectivity index (χ1n) is 8.15. The third kappa shape index (κ3) is 3.50. The first-order chi connectivity index (χ1) is 8.94. The summed E-state index contributed by atoms with van der Waals surface area (Å²) in [5.41, 5.74) is 0.338. The Morgan fingerprint density at radius 1 is 1.32 bits per heavy atom. The summed E-state index contributed by atoms with van der Waals surface area (Å²) in [6.45, 7) is 17.9. The molecule has 19 heavy (non-hydrogen) atoms. The monoisotopic (exact) mass is 267 g/mol. The van der Waals surface area contributed by atoms with Gasteiger partial charge >= 0.3 is 0 Å². The van der Waals surface area contributed by atoms with Gasteiger partial charge in [0.25, 0.3) is 0 Å². The highest BCUT2D eigenvalue weighted by Gasteiger charge is 2.37. The molecule has 0 amide bonds. The largest absolute Gasteiger partial charge is 0.314 e. The van der Waals surface area contributed by atoms with E-state index in [4.69, 9.17) is 0 Å². The van der Waals surface area contributed by atoms with Gasteiger partial charge in [0.2, 0.25) is 0 Å². The Balaban J connectivity index is 1.93. The second kappa shape index (κ2) is 6.11. The second-order valence-corrected chi connectivity index (χ2v) is 7.34. The number of piperazine rings is 1.